The molecule has 1 aliphatic rings. The molecule has 21 heavy (non-hydrogen) atoms. The molecule has 1 saturated carbocycles. The minimum absolute atomic E-state index is 0.232. The Kier molecular flexibility index (Phi) is 3.78. The molecule has 0 aliphatic heterocycles. The van der Waals surface area contributed by atoms with Gasteiger partial charge in [0.25, 0.3) is 0 Å². The number of carbonyl (C=O) groups excluding carboxylic acids is 1. The van der Waals surface area contributed by atoms with E-state index < -0.39 is 0 Å². The Bertz CT molecular complexity index is 610. The first kappa shape index (κ1) is 13.9. The first-order valence-electron chi connectivity index (χ1n) is 7.59. The Morgan fingerprint density at radius 2 is 1.71 bits per heavy atom. The summed E-state index contributed by atoms with van der Waals surface area (Å²) in [6.07, 6.45) is 2.88. The van der Waals surface area contributed by atoms with Gasteiger partial charge in [-0.2, -0.15) is 0 Å². The largest absolute Gasteiger partial charge is 0.494 e. The van der Waals surface area contributed by atoms with Crippen LogP contribution in [0.4, 0.5) is 0 Å². The lowest BCUT2D eigenvalue weighted by Crippen LogP contribution is -2.20. The lowest BCUT2D eigenvalue weighted by atomic mass is 9.87. The number of hydrogen-bond acceptors (Lipinski definition) is 2. The van der Waals surface area contributed by atoms with Crippen LogP contribution in [-0.4, -0.2) is 12.4 Å². The Morgan fingerprint density at radius 3 is 2.29 bits per heavy atom. The van der Waals surface area contributed by atoms with Gasteiger partial charge in [0.05, 0.1) is 12.0 Å². The maximum atomic E-state index is 12.8. The van der Waals surface area contributed by atoms with Crippen LogP contribution in [-0.2, 0) is 5.41 Å². The van der Waals surface area contributed by atoms with E-state index in [4.69, 9.17) is 4.74 Å². The van der Waals surface area contributed by atoms with Crippen LogP contribution in [0.2, 0.25) is 0 Å². The van der Waals surface area contributed by atoms with E-state index in [2.05, 4.69) is 19.1 Å². The highest BCUT2D eigenvalue weighted by Gasteiger charge is 2.50. The van der Waals surface area contributed by atoms with Gasteiger partial charge in [0.1, 0.15) is 5.75 Å². The van der Waals surface area contributed by atoms with Crippen molar-refractivity contribution in [3.05, 3.63) is 65.7 Å². The number of rotatable bonds is 6. The molecule has 0 unspecified atom stereocenters. The zero-order valence-corrected chi connectivity index (χ0v) is 12.3. The van der Waals surface area contributed by atoms with Crippen molar-refractivity contribution in [2.75, 3.05) is 6.61 Å². The summed E-state index contributed by atoms with van der Waals surface area (Å²) in [6, 6.07) is 17.7. The molecule has 0 radical (unpaired) electrons. The summed E-state index contributed by atoms with van der Waals surface area (Å²) in [5.41, 5.74) is 1.63. The molecule has 0 N–H and O–H groups in total. The fraction of sp³-hybridized carbons (Fsp3) is 0.316. The van der Waals surface area contributed by atoms with E-state index in [0.717, 1.165) is 36.1 Å². The van der Waals surface area contributed by atoms with Crippen molar-refractivity contribution in [2.45, 2.75) is 31.6 Å². The van der Waals surface area contributed by atoms with Crippen molar-refractivity contribution in [3.8, 4) is 5.75 Å². The molecule has 0 saturated heterocycles. The van der Waals surface area contributed by atoms with Crippen LogP contribution in [0.1, 0.15) is 42.1 Å². The minimum atomic E-state index is -0.285. The van der Waals surface area contributed by atoms with Gasteiger partial charge in [0.2, 0.25) is 0 Å². The number of benzene rings is 2. The van der Waals surface area contributed by atoms with E-state index in [0.29, 0.717) is 6.61 Å². The van der Waals surface area contributed by atoms with E-state index in [-0.39, 0.29) is 11.2 Å². The zero-order valence-electron chi connectivity index (χ0n) is 12.3. The van der Waals surface area contributed by atoms with Gasteiger partial charge < -0.3 is 4.74 Å². The molecule has 0 amide bonds. The van der Waals surface area contributed by atoms with E-state index in [1.165, 1.54) is 0 Å². The molecule has 2 heteroatoms. The van der Waals surface area contributed by atoms with Crippen LogP contribution in [0.25, 0.3) is 0 Å². The molecule has 0 atom stereocenters. The topological polar surface area (TPSA) is 26.3 Å². The zero-order chi connectivity index (χ0) is 14.7. The second kappa shape index (κ2) is 5.72. The molecule has 108 valence electrons. The number of hydrogen-bond donors (Lipinski definition) is 0. The van der Waals surface area contributed by atoms with Gasteiger partial charge in [-0.25, -0.2) is 0 Å². The third-order valence-electron chi connectivity index (χ3n) is 4.10. The van der Waals surface area contributed by atoms with Crippen molar-refractivity contribution >= 4 is 5.78 Å². The van der Waals surface area contributed by atoms with Crippen molar-refractivity contribution in [1.29, 1.82) is 0 Å². The van der Waals surface area contributed by atoms with Crippen LogP contribution in [0.3, 0.4) is 0 Å². The highest BCUT2D eigenvalue weighted by Crippen LogP contribution is 2.50. The Morgan fingerprint density at radius 1 is 1.05 bits per heavy atom. The average molecular weight is 280 g/mol. The average Bonchev–Trinajstić information content (AvgIpc) is 3.35. The number of ketones is 1. The second-order valence-electron chi connectivity index (χ2n) is 5.65. The van der Waals surface area contributed by atoms with Gasteiger partial charge in [0.15, 0.2) is 5.78 Å². The van der Waals surface area contributed by atoms with Crippen LogP contribution in [0.15, 0.2) is 54.6 Å². The SMILES string of the molecule is CCCOc1ccc(C(=O)C2(c3ccccc3)CC2)cc1. The summed E-state index contributed by atoms with van der Waals surface area (Å²) < 4.78 is 5.56. The molecule has 2 nitrogen and oxygen atoms in total. The standard InChI is InChI=1S/C19H20O2/c1-2-14-21-17-10-8-15(9-11-17)18(20)19(12-13-19)16-6-4-3-5-7-16/h3-11H,2,12-14H2,1H3. The molecule has 3 rings (SSSR count). The van der Waals surface area contributed by atoms with Gasteiger partial charge in [0, 0.05) is 5.56 Å². The van der Waals surface area contributed by atoms with Crippen LogP contribution < -0.4 is 4.74 Å². The first-order chi connectivity index (χ1) is 10.3. The van der Waals surface area contributed by atoms with Crippen molar-refractivity contribution in [2.24, 2.45) is 0 Å². The predicted octanol–water partition coefficient (Wildman–Crippen LogP) is 4.39. The third kappa shape index (κ3) is 2.71. The van der Waals surface area contributed by atoms with E-state index in [1.54, 1.807) is 0 Å². The summed E-state index contributed by atoms with van der Waals surface area (Å²) >= 11 is 0. The molecule has 2 aromatic carbocycles. The van der Waals surface area contributed by atoms with Crippen LogP contribution in [0.5, 0.6) is 5.75 Å². The number of Topliss-reactive ketones (excluding diaryl/α,β-unsaturated/α-hetero) is 1. The molecule has 1 fully saturated rings. The van der Waals surface area contributed by atoms with E-state index in [1.807, 2.05) is 42.5 Å². The molecular weight excluding hydrogens is 260 g/mol. The van der Waals surface area contributed by atoms with Gasteiger partial charge >= 0.3 is 0 Å². The second-order valence-corrected chi connectivity index (χ2v) is 5.65. The predicted molar refractivity (Wildman–Crippen MR) is 83.9 cm³/mol. The molecule has 2 aromatic rings. The van der Waals surface area contributed by atoms with Gasteiger partial charge in [-0.1, -0.05) is 37.3 Å². The maximum Gasteiger partial charge on any atom is 0.173 e. The summed E-state index contributed by atoms with van der Waals surface area (Å²) in [7, 11) is 0. The summed E-state index contributed by atoms with van der Waals surface area (Å²) in [6.45, 7) is 2.79. The lowest BCUT2D eigenvalue weighted by molar-refractivity contribution is 0.0946. The molecular formula is C19H20O2. The van der Waals surface area contributed by atoms with Gasteiger partial charge in [-0.3, -0.25) is 4.79 Å². The van der Waals surface area contributed by atoms with Crippen molar-refractivity contribution in [3.63, 3.8) is 0 Å². The fourth-order valence-corrected chi connectivity index (χ4v) is 2.73. The van der Waals surface area contributed by atoms with Crippen molar-refractivity contribution in [1.82, 2.24) is 0 Å². The monoisotopic (exact) mass is 280 g/mol. The smallest absolute Gasteiger partial charge is 0.173 e. The highest BCUT2D eigenvalue weighted by molar-refractivity contribution is 6.06. The summed E-state index contributed by atoms with van der Waals surface area (Å²) in [4.78, 5) is 12.8. The maximum absolute atomic E-state index is 12.8. The molecule has 0 bridgehead atoms. The van der Waals surface area contributed by atoms with Crippen LogP contribution in [0, 0.1) is 0 Å². The Hall–Kier alpha value is -2.09. The third-order valence-corrected chi connectivity index (χ3v) is 4.10. The first-order valence-corrected chi connectivity index (χ1v) is 7.59. The highest BCUT2D eigenvalue weighted by atomic mass is 16.5. The normalized spacial score (nSPS) is 15.5. The summed E-state index contributed by atoms with van der Waals surface area (Å²) in [5.74, 6) is 1.06. The number of ether oxygens (including phenoxy) is 1. The molecule has 0 aromatic heterocycles. The fourth-order valence-electron chi connectivity index (χ4n) is 2.73. The molecule has 1 aliphatic carbocycles. The van der Waals surface area contributed by atoms with E-state index in [9.17, 15) is 4.79 Å². The van der Waals surface area contributed by atoms with Gasteiger partial charge in [-0.05, 0) is 49.1 Å². The number of carbonyl (C=O) groups is 1. The molecule has 0 heterocycles. The van der Waals surface area contributed by atoms with Crippen LogP contribution >= 0.6 is 0 Å². The quantitative estimate of drug-likeness (QED) is 0.733. The van der Waals surface area contributed by atoms with Crippen molar-refractivity contribution < 1.29 is 9.53 Å². The van der Waals surface area contributed by atoms with E-state index >= 15 is 0 Å². The Labute approximate surface area is 125 Å². The molecule has 0 spiro atoms. The summed E-state index contributed by atoms with van der Waals surface area (Å²) in [5, 5.41) is 0. The Balaban J connectivity index is 1.79. The lowest BCUT2D eigenvalue weighted by Gasteiger charge is -2.15. The van der Waals surface area contributed by atoms with Gasteiger partial charge in [-0.15, -0.1) is 0 Å². The minimum Gasteiger partial charge on any atom is -0.494 e.